The van der Waals surface area contributed by atoms with E-state index >= 15 is 0 Å². The molecule has 0 saturated carbocycles. The van der Waals surface area contributed by atoms with Gasteiger partial charge in [-0.2, -0.15) is 0 Å². The Bertz CT molecular complexity index is 818. The monoisotopic (exact) mass is 366 g/mol. The van der Waals surface area contributed by atoms with E-state index in [1.54, 1.807) is 0 Å². The highest BCUT2D eigenvalue weighted by molar-refractivity contribution is 9.10. The summed E-state index contributed by atoms with van der Waals surface area (Å²) >= 11 is 15.8. The maximum atomic E-state index is 6.28. The minimum Gasteiger partial charge on any atom is -0.228 e. The molecule has 1 aromatic heterocycles. The highest BCUT2D eigenvalue weighted by Gasteiger charge is 2.11. The third-order valence-electron chi connectivity index (χ3n) is 3.09. The molecule has 2 nitrogen and oxygen atoms in total. The number of nitrogens with zero attached hydrogens (tertiary/aromatic N) is 2. The van der Waals surface area contributed by atoms with E-state index in [2.05, 4.69) is 25.9 Å². The number of rotatable bonds is 1. The Labute approximate surface area is 134 Å². The second kappa shape index (κ2) is 5.32. The number of halogens is 3. The second-order valence-corrected chi connectivity index (χ2v) is 6.07. The zero-order valence-electron chi connectivity index (χ0n) is 10.5. The van der Waals surface area contributed by atoms with Crippen molar-refractivity contribution in [1.29, 1.82) is 0 Å². The lowest BCUT2D eigenvalue weighted by atomic mass is 10.1. The van der Waals surface area contributed by atoms with Crippen LogP contribution in [-0.4, -0.2) is 9.97 Å². The molecule has 0 bridgehead atoms. The fourth-order valence-corrected chi connectivity index (χ4v) is 2.77. The van der Waals surface area contributed by atoms with Crippen LogP contribution in [0.4, 0.5) is 0 Å². The van der Waals surface area contributed by atoms with E-state index in [1.165, 1.54) is 0 Å². The molecule has 100 valence electrons. The van der Waals surface area contributed by atoms with Gasteiger partial charge in [0.25, 0.3) is 0 Å². The minimum atomic E-state index is 0.445. The highest BCUT2D eigenvalue weighted by Crippen LogP contribution is 2.30. The van der Waals surface area contributed by atoms with Gasteiger partial charge in [-0.1, -0.05) is 51.3 Å². The van der Waals surface area contributed by atoms with Crippen molar-refractivity contribution in [3.63, 3.8) is 0 Å². The fraction of sp³-hybridized carbons (Fsp3) is 0.0667. The van der Waals surface area contributed by atoms with Crippen molar-refractivity contribution >= 4 is 50.0 Å². The molecule has 0 aliphatic rings. The molecule has 0 spiro atoms. The van der Waals surface area contributed by atoms with Gasteiger partial charge in [-0.05, 0) is 36.8 Å². The summed E-state index contributed by atoms with van der Waals surface area (Å²) in [5, 5.41) is 1.94. The number of aryl methyl sites for hydroxylation is 1. The predicted molar refractivity (Wildman–Crippen MR) is 87.4 cm³/mol. The smallest absolute Gasteiger partial charge is 0.161 e. The Morgan fingerprint density at radius 1 is 1.05 bits per heavy atom. The molecule has 0 aliphatic carbocycles. The zero-order chi connectivity index (χ0) is 14.3. The van der Waals surface area contributed by atoms with Crippen LogP contribution in [0.5, 0.6) is 0 Å². The van der Waals surface area contributed by atoms with Crippen molar-refractivity contribution in [2.24, 2.45) is 0 Å². The lowest BCUT2D eigenvalue weighted by molar-refractivity contribution is 1.21. The average molecular weight is 368 g/mol. The summed E-state index contributed by atoms with van der Waals surface area (Å²) in [5.74, 6) is 0.575. The molecule has 0 fully saturated rings. The van der Waals surface area contributed by atoms with Gasteiger partial charge in [-0.3, -0.25) is 0 Å². The number of aromatic nitrogens is 2. The van der Waals surface area contributed by atoms with Crippen LogP contribution in [0, 0.1) is 6.92 Å². The van der Waals surface area contributed by atoms with Crippen LogP contribution in [0.3, 0.4) is 0 Å². The Hall–Kier alpha value is -1.16. The van der Waals surface area contributed by atoms with Gasteiger partial charge >= 0.3 is 0 Å². The summed E-state index contributed by atoms with van der Waals surface area (Å²) in [6.45, 7) is 2.00. The third-order valence-corrected chi connectivity index (χ3v) is 4.47. The lowest BCUT2D eigenvalue weighted by Gasteiger charge is -2.08. The molecular weight excluding hydrogens is 359 g/mol. The van der Waals surface area contributed by atoms with Crippen LogP contribution in [0.2, 0.25) is 10.2 Å². The normalized spacial score (nSPS) is 11.0. The number of fused-ring (bicyclic) bond motifs is 1. The van der Waals surface area contributed by atoms with E-state index in [0.717, 1.165) is 26.5 Å². The molecule has 2 aromatic carbocycles. The maximum absolute atomic E-state index is 6.28. The molecule has 20 heavy (non-hydrogen) atoms. The first-order valence-electron chi connectivity index (χ1n) is 5.94. The Kier molecular flexibility index (Phi) is 3.67. The number of hydrogen-bond acceptors (Lipinski definition) is 2. The van der Waals surface area contributed by atoms with E-state index in [1.807, 2.05) is 43.3 Å². The van der Waals surface area contributed by atoms with Gasteiger partial charge in [0.1, 0.15) is 5.15 Å². The fourth-order valence-electron chi connectivity index (χ4n) is 2.03. The van der Waals surface area contributed by atoms with Gasteiger partial charge in [0.2, 0.25) is 0 Å². The Morgan fingerprint density at radius 2 is 1.85 bits per heavy atom. The first-order chi connectivity index (χ1) is 9.56. The summed E-state index contributed by atoms with van der Waals surface area (Å²) in [4.78, 5) is 8.99. The zero-order valence-corrected chi connectivity index (χ0v) is 13.6. The SMILES string of the molecule is Cc1c(Br)ccc2c(Cl)nc(-c3cccc(Cl)c3)nc12. The first-order valence-corrected chi connectivity index (χ1v) is 7.49. The van der Waals surface area contributed by atoms with Crippen LogP contribution in [0.15, 0.2) is 40.9 Å². The molecular formula is C15H9BrCl2N2. The Morgan fingerprint density at radius 3 is 2.60 bits per heavy atom. The highest BCUT2D eigenvalue weighted by atomic mass is 79.9. The largest absolute Gasteiger partial charge is 0.228 e. The van der Waals surface area contributed by atoms with Crippen LogP contribution in [0.1, 0.15) is 5.56 Å². The summed E-state index contributed by atoms with van der Waals surface area (Å²) < 4.78 is 0.997. The second-order valence-electron chi connectivity index (χ2n) is 4.42. The van der Waals surface area contributed by atoms with Gasteiger partial charge < -0.3 is 0 Å². The Balaban J connectivity index is 2.31. The third kappa shape index (κ3) is 2.41. The van der Waals surface area contributed by atoms with Crippen molar-refractivity contribution in [3.8, 4) is 11.4 Å². The molecule has 0 N–H and O–H groups in total. The molecule has 3 rings (SSSR count). The van der Waals surface area contributed by atoms with Crippen molar-refractivity contribution in [1.82, 2.24) is 9.97 Å². The van der Waals surface area contributed by atoms with E-state index in [0.29, 0.717) is 16.0 Å². The van der Waals surface area contributed by atoms with Crippen molar-refractivity contribution in [2.75, 3.05) is 0 Å². The van der Waals surface area contributed by atoms with Crippen molar-refractivity contribution < 1.29 is 0 Å². The first kappa shape index (κ1) is 13.8. The van der Waals surface area contributed by atoms with Crippen LogP contribution >= 0.6 is 39.1 Å². The molecule has 0 saturated heterocycles. The van der Waals surface area contributed by atoms with Crippen LogP contribution in [0.25, 0.3) is 22.3 Å². The van der Waals surface area contributed by atoms with Crippen LogP contribution < -0.4 is 0 Å². The summed E-state index contributed by atoms with van der Waals surface area (Å²) in [6, 6.07) is 11.3. The molecule has 3 aromatic rings. The number of benzene rings is 2. The van der Waals surface area contributed by atoms with E-state index < -0.39 is 0 Å². The van der Waals surface area contributed by atoms with E-state index in [-0.39, 0.29) is 0 Å². The number of hydrogen-bond donors (Lipinski definition) is 0. The predicted octanol–water partition coefficient (Wildman–Crippen LogP) is 5.67. The summed E-state index contributed by atoms with van der Waals surface area (Å²) in [6.07, 6.45) is 0. The lowest BCUT2D eigenvalue weighted by Crippen LogP contribution is -1.94. The molecule has 0 atom stereocenters. The molecule has 0 amide bonds. The van der Waals surface area contributed by atoms with Gasteiger partial charge in [-0.25, -0.2) is 9.97 Å². The minimum absolute atomic E-state index is 0.445. The molecule has 5 heteroatoms. The maximum Gasteiger partial charge on any atom is 0.161 e. The van der Waals surface area contributed by atoms with Gasteiger partial charge in [0.05, 0.1) is 5.52 Å². The van der Waals surface area contributed by atoms with Crippen molar-refractivity contribution in [2.45, 2.75) is 6.92 Å². The van der Waals surface area contributed by atoms with E-state index in [9.17, 15) is 0 Å². The molecule has 0 unspecified atom stereocenters. The van der Waals surface area contributed by atoms with Crippen LogP contribution in [-0.2, 0) is 0 Å². The summed E-state index contributed by atoms with van der Waals surface area (Å²) in [5.41, 5.74) is 2.73. The van der Waals surface area contributed by atoms with Crippen molar-refractivity contribution in [3.05, 3.63) is 56.6 Å². The van der Waals surface area contributed by atoms with Gasteiger partial charge in [0, 0.05) is 20.4 Å². The van der Waals surface area contributed by atoms with Gasteiger partial charge in [-0.15, -0.1) is 0 Å². The standard InChI is InChI=1S/C15H9BrCl2N2/c1-8-12(16)6-5-11-13(8)19-15(20-14(11)18)9-3-2-4-10(17)7-9/h2-7H,1H3. The molecule has 0 radical (unpaired) electrons. The molecule has 1 heterocycles. The van der Waals surface area contributed by atoms with E-state index in [4.69, 9.17) is 23.2 Å². The average Bonchev–Trinajstić information content (AvgIpc) is 2.43. The quantitative estimate of drug-likeness (QED) is 0.517. The topological polar surface area (TPSA) is 25.8 Å². The van der Waals surface area contributed by atoms with Gasteiger partial charge in [0.15, 0.2) is 5.82 Å². The molecule has 0 aliphatic heterocycles. The summed E-state index contributed by atoms with van der Waals surface area (Å²) in [7, 11) is 0.